The molecule has 0 aromatic carbocycles. The first-order chi connectivity index (χ1) is 7.18. The van der Waals surface area contributed by atoms with Gasteiger partial charge in [0.2, 0.25) is 0 Å². The van der Waals surface area contributed by atoms with Crippen LogP contribution in [0, 0.1) is 0 Å². The fourth-order valence-corrected chi connectivity index (χ4v) is 2.65. The molecule has 0 amide bonds. The minimum atomic E-state index is 0.133. The van der Waals surface area contributed by atoms with Gasteiger partial charge in [-0.25, -0.2) is 0 Å². The molecule has 15 heavy (non-hydrogen) atoms. The Bertz CT molecular complexity index is 202. The highest BCUT2D eigenvalue weighted by molar-refractivity contribution is 4.85. The van der Waals surface area contributed by atoms with Crippen LogP contribution in [0.2, 0.25) is 0 Å². The van der Waals surface area contributed by atoms with E-state index in [1.165, 1.54) is 32.4 Å². The molecule has 2 aliphatic heterocycles. The van der Waals surface area contributed by atoms with Gasteiger partial charge in [-0.15, -0.1) is 0 Å². The summed E-state index contributed by atoms with van der Waals surface area (Å²) in [6, 6.07) is 0.673. The lowest BCUT2D eigenvalue weighted by molar-refractivity contribution is -0.00763. The van der Waals surface area contributed by atoms with Crippen molar-refractivity contribution in [1.29, 1.82) is 0 Å². The van der Waals surface area contributed by atoms with Crippen LogP contribution >= 0.6 is 0 Å². The highest BCUT2D eigenvalue weighted by atomic mass is 16.5. The number of rotatable bonds is 2. The molecule has 2 aliphatic rings. The Balaban J connectivity index is 1.82. The minimum absolute atomic E-state index is 0.133. The molecule has 2 unspecified atom stereocenters. The molecule has 1 N–H and O–H groups in total. The molecule has 88 valence electrons. The maximum Gasteiger partial charge on any atom is 0.0781 e. The SMILES string of the molecule is CC1CCN(CC2(C)CCCO2)CCN1. The third-order valence-corrected chi connectivity index (χ3v) is 3.66. The van der Waals surface area contributed by atoms with Gasteiger partial charge < -0.3 is 10.1 Å². The average molecular weight is 212 g/mol. The summed E-state index contributed by atoms with van der Waals surface area (Å²) in [6.45, 7) is 10.1. The first kappa shape index (κ1) is 11.4. The van der Waals surface area contributed by atoms with Crippen molar-refractivity contribution in [3.8, 4) is 0 Å². The Hall–Kier alpha value is -0.120. The lowest BCUT2D eigenvalue weighted by Crippen LogP contribution is -2.41. The molecule has 2 heterocycles. The van der Waals surface area contributed by atoms with E-state index in [0.29, 0.717) is 6.04 Å². The quantitative estimate of drug-likeness (QED) is 0.745. The summed E-state index contributed by atoms with van der Waals surface area (Å²) in [5.74, 6) is 0. The van der Waals surface area contributed by atoms with Crippen LogP contribution in [-0.4, -0.2) is 49.3 Å². The molecule has 2 atom stereocenters. The van der Waals surface area contributed by atoms with Crippen molar-refractivity contribution < 1.29 is 4.74 Å². The fourth-order valence-electron chi connectivity index (χ4n) is 2.65. The van der Waals surface area contributed by atoms with Crippen molar-refractivity contribution in [3.63, 3.8) is 0 Å². The smallest absolute Gasteiger partial charge is 0.0781 e. The molecule has 0 aromatic rings. The van der Waals surface area contributed by atoms with E-state index in [9.17, 15) is 0 Å². The topological polar surface area (TPSA) is 24.5 Å². The zero-order valence-electron chi connectivity index (χ0n) is 10.1. The van der Waals surface area contributed by atoms with Crippen LogP contribution < -0.4 is 5.32 Å². The highest BCUT2D eigenvalue weighted by Gasteiger charge is 2.32. The van der Waals surface area contributed by atoms with Crippen LogP contribution in [0.3, 0.4) is 0 Å². The van der Waals surface area contributed by atoms with E-state index < -0.39 is 0 Å². The molecular weight excluding hydrogens is 188 g/mol. The molecule has 2 rings (SSSR count). The summed E-state index contributed by atoms with van der Waals surface area (Å²) >= 11 is 0. The molecule has 0 radical (unpaired) electrons. The summed E-state index contributed by atoms with van der Waals surface area (Å²) in [5, 5.41) is 3.53. The van der Waals surface area contributed by atoms with E-state index in [4.69, 9.17) is 4.74 Å². The van der Waals surface area contributed by atoms with Crippen LogP contribution in [0.5, 0.6) is 0 Å². The lowest BCUT2D eigenvalue weighted by atomic mass is 10.0. The van der Waals surface area contributed by atoms with E-state index in [1.807, 2.05) is 0 Å². The zero-order chi connectivity index (χ0) is 10.7. The molecule has 0 spiro atoms. The van der Waals surface area contributed by atoms with Crippen LogP contribution in [0.15, 0.2) is 0 Å². The van der Waals surface area contributed by atoms with Gasteiger partial charge in [0.1, 0.15) is 0 Å². The van der Waals surface area contributed by atoms with Gasteiger partial charge in [0.05, 0.1) is 5.60 Å². The summed E-state index contributed by atoms with van der Waals surface area (Å²) in [5.41, 5.74) is 0.133. The van der Waals surface area contributed by atoms with E-state index in [2.05, 4.69) is 24.1 Å². The molecule has 3 nitrogen and oxygen atoms in total. The maximum absolute atomic E-state index is 5.85. The van der Waals surface area contributed by atoms with Gasteiger partial charge in [0, 0.05) is 32.3 Å². The number of nitrogens with zero attached hydrogens (tertiary/aromatic N) is 1. The fraction of sp³-hybridized carbons (Fsp3) is 1.00. The first-order valence-electron chi connectivity index (χ1n) is 6.28. The molecule has 0 aromatic heterocycles. The third kappa shape index (κ3) is 3.16. The molecule has 0 saturated carbocycles. The Morgan fingerprint density at radius 3 is 3.07 bits per heavy atom. The predicted octanol–water partition coefficient (Wildman–Crippen LogP) is 1.24. The van der Waals surface area contributed by atoms with Crippen molar-refractivity contribution >= 4 is 0 Å². The van der Waals surface area contributed by atoms with Gasteiger partial charge in [0.25, 0.3) is 0 Å². The Morgan fingerprint density at radius 1 is 1.47 bits per heavy atom. The van der Waals surface area contributed by atoms with Gasteiger partial charge >= 0.3 is 0 Å². The predicted molar refractivity (Wildman–Crippen MR) is 62.1 cm³/mol. The highest BCUT2D eigenvalue weighted by Crippen LogP contribution is 2.26. The molecule has 0 aliphatic carbocycles. The van der Waals surface area contributed by atoms with Gasteiger partial charge in [0.15, 0.2) is 0 Å². The second-order valence-corrected chi connectivity index (χ2v) is 5.32. The van der Waals surface area contributed by atoms with E-state index in [1.54, 1.807) is 0 Å². The number of ether oxygens (including phenoxy) is 1. The summed E-state index contributed by atoms with van der Waals surface area (Å²) in [7, 11) is 0. The van der Waals surface area contributed by atoms with Crippen LogP contribution in [-0.2, 0) is 4.74 Å². The molecule has 0 bridgehead atoms. The Labute approximate surface area is 93.2 Å². The normalized spacial score (nSPS) is 39.2. The summed E-state index contributed by atoms with van der Waals surface area (Å²) in [4.78, 5) is 2.56. The molecule has 2 fully saturated rings. The molecular formula is C12H24N2O. The first-order valence-corrected chi connectivity index (χ1v) is 6.28. The number of hydrogen-bond acceptors (Lipinski definition) is 3. The number of nitrogens with one attached hydrogen (secondary N) is 1. The minimum Gasteiger partial charge on any atom is -0.374 e. The van der Waals surface area contributed by atoms with Crippen molar-refractivity contribution in [2.75, 3.05) is 32.8 Å². The van der Waals surface area contributed by atoms with Crippen molar-refractivity contribution in [2.45, 2.75) is 44.8 Å². The second-order valence-electron chi connectivity index (χ2n) is 5.32. The van der Waals surface area contributed by atoms with Crippen LogP contribution in [0.4, 0.5) is 0 Å². The summed E-state index contributed by atoms with van der Waals surface area (Å²) < 4.78 is 5.85. The van der Waals surface area contributed by atoms with Gasteiger partial charge in [-0.1, -0.05) is 0 Å². The van der Waals surface area contributed by atoms with Crippen molar-refractivity contribution in [2.24, 2.45) is 0 Å². The Kier molecular flexibility index (Phi) is 3.65. The van der Waals surface area contributed by atoms with Gasteiger partial charge in [-0.3, -0.25) is 4.90 Å². The largest absolute Gasteiger partial charge is 0.374 e. The van der Waals surface area contributed by atoms with Gasteiger partial charge in [-0.05, 0) is 39.7 Å². The van der Waals surface area contributed by atoms with E-state index in [-0.39, 0.29) is 5.60 Å². The average Bonchev–Trinajstić information content (AvgIpc) is 2.51. The van der Waals surface area contributed by atoms with Crippen LogP contribution in [0.25, 0.3) is 0 Å². The van der Waals surface area contributed by atoms with Crippen molar-refractivity contribution in [1.82, 2.24) is 10.2 Å². The van der Waals surface area contributed by atoms with Gasteiger partial charge in [-0.2, -0.15) is 0 Å². The lowest BCUT2D eigenvalue weighted by Gasteiger charge is -2.30. The van der Waals surface area contributed by atoms with Crippen LogP contribution in [0.1, 0.15) is 33.1 Å². The monoisotopic (exact) mass is 212 g/mol. The summed E-state index contributed by atoms with van der Waals surface area (Å²) in [6.07, 6.45) is 3.72. The van der Waals surface area contributed by atoms with E-state index in [0.717, 1.165) is 19.7 Å². The molecule has 3 heteroatoms. The zero-order valence-corrected chi connectivity index (χ0v) is 10.1. The van der Waals surface area contributed by atoms with Crippen molar-refractivity contribution in [3.05, 3.63) is 0 Å². The molecule has 2 saturated heterocycles. The third-order valence-electron chi connectivity index (χ3n) is 3.66. The second kappa shape index (κ2) is 4.81. The Morgan fingerprint density at radius 2 is 2.33 bits per heavy atom. The van der Waals surface area contributed by atoms with E-state index >= 15 is 0 Å². The maximum atomic E-state index is 5.85. The number of hydrogen-bond donors (Lipinski definition) is 1. The standard InChI is InChI=1S/C12H24N2O/c1-11-4-7-14(8-6-13-11)10-12(2)5-3-9-15-12/h11,13H,3-10H2,1-2H3.